The molecule has 2 aromatic rings. The first kappa shape index (κ1) is 20.0. The molecule has 0 spiro atoms. The Bertz CT molecular complexity index is 1070. The molecule has 0 saturated carbocycles. The third-order valence-corrected chi connectivity index (χ3v) is 6.32. The largest absolute Gasteiger partial charge is 0.364 e. The highest BCUT2D eigenvalue weighted by Gasteiger charge is 2.53. The Hall–Kier alpha value is -2.34. The Morgan fingerprint density at radius 3 is 2.69 bits per heavy atom. The minimum Gasteiger partial charge on any atom is -0.364 e. The number of halogens is 4. The van der Waals surface area contributed by atoms with Crippen LogP contribution in [0.2, 0.25) is 0 Å². The van der Waals surface area contributed by atoms with Crippen molar-refractivity contribution in [2.45, 2.75) is 57.2 Å². The van der Waals surface area contributed by atoms with Gasteiger partial charge in [0.25, 0.3) is 24.3 Å². The van der Waals surface area contributed by atoms with Crippen molar-refractivity contribution in [3.8, 4) is 0 Å². The standard InChI is InChI=1S/C17H16F4N4O3S/c18-13(19)9-5-17(28,16(20)21)25(23-9)11(26)6-24-7-22-14-12(15(24)27)8-3-1-2-4-10(8)29-14/h7,13,16,28H,1-6H2. The van der Waals surface area contributed by atoms with E-state index in [-0.39, 0.29) is 5.01 Å². The van der Waals surface area contributed by atoms with E-state index < -0.39 is 48.7 Å². The van der Waals surface area contributed by atoms with Crippen molar-refractivity contribution in [3.05, 3.63) is 27.1 Å². The first-order valence-corrected chi connectivity index (χ1v) is 9.73. The van der Waals surface area contributed by atoms with Crippen LogP contribution in [0.5, 0.6) is 0 Å². The van der Waals surface area contributed by atoms with Gasteiger partial charge in [-0.1, -0.05) is 0 Å². The van der Waals surface area contributed by atoms with Crippen LogP contribution in [-0.4, -0.2) is 49.9 Å². The Morgan fingerprint density at radius 2 is 2.00 bits per heavy atom. The van der Waals surface area contributed by atoms with Crippen LogP contribution < -0.4 is 5.56 Å². The van der Waals surface area contributed by atoms with Gasteiger partial charge in [-0.3, -0.25) is 14.2 Å². The smallest absolute Gasteiger partial charge is 0.287 e. The number of nitrogens with zero attached hydrogens (tertiary/aromatic N) is 4. The molecular formula is C17H16F4N4O3S. The van der Waals surface area contributed by atoms with Crippen LogP contribution in [0.15, 0.2) is 16.2 Å². The number of hydrazone groups is 1. The summed E-state index contributed by atoms with van der Waals surface area (Å²) in [5.41, 5.74) is -3.82. The molecule has 0 radical (unpaired) electrons. The SMILES string of the molecule is O=C(Cn1cnc2sc3c(c2c1=O)CCCC3)N1N=C(C(F)F)CC1(O)C(F)F. The maximum atomic E-state index is 13.3. The minimum atomic E-state index is -3.52. The first-order chi connectivity index (χ1) is 13.7. The number of alkyl halides is 4. The lowest BCUT2D eigenvalue weighted by Crippen LogP contribution is -2.52. The summed E-state index contributed by atoms with van der Waals surface area (Å²) < 4.78 is 53.3. The molecule has 1 atom stereocenters. The predicted octanol–water partition coefficient (Wildman–Crippen LogP) is 2.14. The second kappa shape index (κ2) is 7.17. The number of rotatable bonds is 4. The molecule has 0 bridgehead atoms. The third-order valence-electron chi connectivity index (χ3n) is 5.12. The number of aryl methyl sites for hydroxylation is 2. The van der Waals surface area contributed by atoms with Crippen molar-refractivity contribution in [2.24, 2.45) is 5.10 Å². The van der Waals surface area contributed by atoms with Gasteiger partial charge in [0, 0.05) is 11.3 Å². The minimum absolute atomic E-state index is 0.0428. The number of aliphatic hydroxyl groups is 1. The molecule has 0 aromatic carbocycles. The number of fused-ring (bicyclic) bond motifs is 3. The van der Waals surface area contributed by atoms with Crippen LogP contribution in [0.3, 0.4) is 0 Å². The van der Waals surface area contributed by atoms with Gasteiger partial charge >= 0.3 is 0 Å². The lowest BCUT2D eigenvalue weighted by Gasteiger charge is -2.30. The number of carbonyl (C=O) groups excluding carboxylic acids is 1. The van der Waals surface area contributed by atoms with Crippen molar-refractivity contribution >= 4 is 33.2 Å². The second-order valence-corrected chi connectivity index (χ2v) is 8.11. The van der Waals surface area contributed by atoms with E-state index in [2.05, 4.69) is 10.1 Å². The maximum absolute atomic E-state index is 13.3. The average molecular weight is 432 g/mol. The molecule has 2 aliphatic rings. The summed E-state index contributed by atoms with van der Waals surface area (Å²) in [5.74, 6) is -1.21. The van der Waals surface area contributed by atoms with E-state index >= 15 is 0 Å². The highest BCUT2D eigenvalue weighted by molar-refractivity contribution is 7.18. The molecule has 1 amide bonds. The summed E-state index contributed by atoms with van der Waals surface area (Å²) in [5, 5.41) is 13.6. The Kier molecular flexibility index (Phi) is 4.93. The second-order valence-electron chi connectivity index (χ2n) is 7.02. The molecule has 1 N–H and O–H groups in total. The van der Waals surface area contributed by atoms with E-state index in [1.54, 1.807) is 0 Å². The number of hydrogen-bond acceptors (Lipinski definition) is 6. The van der Waals surface area contributed by atoms with Gasteiger partial charge in [0.2, 0.25) is 5.72 Å². The molecule has 2 aromatic heterocycles. The Balaban J connectivity index is 1.68. The molecule has 156 valence electrons. The average Bonchev–Trinajstić information content (AvgIpc) is 3.23. The van der Waals surface area contributed by atoms with E-state index in [0.29, 0.717) is 16.6 Å². The first-order valence-electron chi connectivity index (χ1n) is 8.91. The molecule has 12 heteroatoms. The quantitative estimate of drug-likeness (QED) is 0.750. The highest BCUT2D eigenvalue weighted by Crippen LogP contribution is 2.34. The normalized spacial score (nSPS) is 21.9. The number of thiophene rings is 1. The summed E-state index contributed by atoms with van der Waals surface area (Å²) >= 11 is 1.41. The molecule has 29 heavy (non-hydrogen) atoms. The van der Waals surface area contributed by atoms with Crippen LogP contribution in [0.4, 0.5) is 17.6 Å². The van der Waals surface area contributed by atoms with Crippen molar-refractivity contribution in [1.29, 1.82) is 0 Å². The van der Waals surface area contributed by atoms with Crippen molar-refractivity contribution in [2.75, 3.05) is 0 Å². The molecule has 1 aliphatic carbocycles. The Labute approximate surface area is 165 Å². The summed E-state index contributed by atoms with van der Waals surface area (Å²) in [7, 11) is 0. The van der Waals surface area contributed by atoms with Gasteiger partial charge in [-0.15, -0.1) is 11.3 Å². The number of carbonyl (C=O) groups is 1. The van der Waals surface area contributed by atoms with Crippen LogP contribution in [0.25, 0.3) is 10.2 Å². The fourth-order valence-electron chi connectivity index (χ4n) is 3.66. The fraction of sp³-hybridized carbons (Fsp3) is 0.529. The number of amides is 1. The van der Waals surface area contributed by atoms with Gasteiger partial charge in [0.15, 0.2) is 0 Å². The monoisotopic (exact) mass is 432 g/mol. The van der Waals surface area contributed by atoms with E-state index in [4.69, 9.17) is 0 Å². The van der Waals surface area contributed by atoms with Crippen molar-refractivity contribution < 1.29 is 27.5 Å². The zero-order valence-corrected chi connectivity index (χ0v) is 15.8. The van der Waals surface area contributed by atoms with Crippen molar-refractivity contribution in [1.82, 2.24) is 14.6 Å². The summed E-state index contributed by atoms with van der Waals surface area (Å²) in [6, 6.07) is 0. The molecule has 1 unspecified atom stereocenters. The van der Waals surface area contributed by atoms with E-state index in [1.807, 2.05) is 0 Å². The lowest BCUT2D eigenvalue weighted by molar-refractivity contribution is -0.192. The molecule has 0 saturated heterocycles. The van der Waals surface area contributed by atoms with Gasteiger partial charge in [0.1, 0.15) is 17.1 Å². The summed E-state index contributed by atoms with van der Waals surface area (Å²) in [4.78, 5) is 31.2. The van der Waals surface area contributed by atoms with Gasteiger partial charge in [-0.25, -0.2) is 22.5 Å². The van der Waals surface area contributed by atoms with E-state index in [1.165, 1.54) is 11.3 Å². The third kappa shape index (κ3) is 3.23. The fourth-order valence-corrected chi connectivity index (χ4v) is 4.88. The predicted molar refractivity (Wildman–Crippen MR) is 96.4 cm³/mol. The Morgan fingerprint density at radius 1 is 1.28 bits per heavy atom. The van der Waals surface area contributed by atoms with E-state index in [9.17, 15) is 32.3 Å². The molecular weight excluding hydrogens is 416 g/mol. The van der Waals surface area contributed by atoms with Crippen LogP contribution in [0, 0.1) is 0 Å². The maximum Gasteiger partial charge on any atom is 0.287 e. The lowest BCUT2D eigenvalue weighted by atomic mass is 9.97. The molecule has 3 heterocycles. The molecule has 0 fully saturated rings. The summed E-state index contributed by atoms with van der Waals surface area (Å²) in [6.45, 7) is -0.762. The van der Waals surface area contributed by atoms with Crippen molar-refractivity contribution in [3.63, 3.8) is 0 Å². The van der Waals surface area contributed by atoms with Gasteiger partial charge in [-0.2, -0.15) is 10.1 Å². The van der Waals surface area contributed by atoms with Crippen LogP contribution in [-0.2, 0) is 24.2 Å². The molecule has 7 nitrogen and oxygen atoms in total. The van der Waals surface area contributed by atoms with Gasteiger partial charge < -0.3 is 5.11 Å². The topological polar surface area (TPSA) is 87.8 Å². The van der Waals surface area contributed by atoms with Crippen LogP contribution >= 0.6 is 11.3 Å². The summed E-state index contributed by atoms with van der Waals surface area (Å²) in [6.07, 6.45) is -3.29. The zero-order valence-electron chi connectivity index (χ0n) is 14.9. The molecule has 1 aliphatic heterocycles. The van der Waals surface area contributed by atoms with E-state index in [0.717, 1.165) is 40.6 Å². The van der Waals surface area contributed by atoms with Gasteiger partial charge in [-0.05, 0) is 31.2 Å². The van der Waals surface area contributed by atoms with Gasteiger partial charge in [0.05, 0.1) is 11.7 Å². The number of hydrogen-bond donors (Lipinski definition) is 1. The highest BCUT2D eigenvalue weighted by atomic mass is 32.1. The molecule has 4 rings (SSSR count). The zero-order chi connectivity index (χ0) is 20.9. The number of aromatic nitrogens is 2. The van der Waals surface area contributed by atoms with Crippen LogP contribution in [0.1, 0.15) is 29.7 Å².